The maximum absolute atomic E-state index is 11.0. The van der Waals surface area contributed by atoms with Gasteiger partial charge in [0.15, 0.2) is 0 Å². The number of halogens is 2. The van der Waals surface area contributed by atoms with Gasteiger partial charge >= 0.3 is 5.97 Å². The summed E-state index contributed by atoms with van der Waals surface area (Å²) >= 11 is 0. The first kappa shape index (κ1) is 19.3. The van der Waals surface area contributed by atoms with Gasteiger partial charge in [-0.25, -0.2) is 0 Å². The van der Waals surface area contributed by atoms with Crippen molar-refractivity contribution in [1.82, 2.24) is 9.80 Å². The van der Waals surface area contributed by atoms with Gasteiger partial charge in [-0.1, -0.05) is 6.92 Å². The highest BCUT2D eigenvalue weighted by molar-refractivity contribution is 5.85. The molecule has 0 radical (unpaired) electrons. The molecule has 1 aliphatic rings. The van der Waals surface area contributed by atoms with Crippen LogP contribution in [0.2, 0.25) is 0 Å². The van der Waals surface area contributed by atoms with Crippen LogP contribution in [0.1, 0.15) is 20.8 Å². The fraction of sp³-hybridized carbons (Fsp3) is 0.909. The summed E-state index contributed by atoms with van der Waals surface area (Å²) in [6.07, 6.45) is 0. The molecule has 0 aromatic heterocycles. The summed E-state index contributed by atoms with van der Waals surface area (Å²) in [5.74, 6) is -0.708. The molecular formula is C11H24Cl2N2O2. The Labute approximate surface area is 116 Å². The predicted octanol–water partition coefficient (Wildman–Crippen LogP) is 1.58. The highest BCUT2D eigenvalue weighted by Gasteiger charge is 2.30. The summed E-state index contributed by atoms with van der Waals surface area (Å²) in [6, 6.07) is 0. The van der Waals surface area contributed by atoms with Crippen LogP contribution in [0.25, 0.3) is 0 Å². The number of carbonyl (C=O) groups is 1. The van der Waals surface area contributed by atoms with E-state index in [-0.39, 0.29) is 24.8 Å². The summed E-state index contributed by atoms with van der Waals surface area (Å²) in [7, 11) is 0. The van der Waals surface area contributed by atoms with Gasteiger partial charge in [0.05, 0.1) is 5.41 Å². The number of rotatable bonds is 4. The lowest BCUT2D eigenvalue weighted by Gasteiger charge is -2.37. The van der Waals surface area contributed by atoms with Crippen molar-refractivity contribution in [2.45, 2.75) is 20.8 Å². The van der Waals surface area contributed by atoms with E-state index in [2.05, 4.69) is 16.7 Å². The van der Waals surface area contributed by atoms with Gasteiger partial charge < -0.3 is 10.0 Å². The van der Waals surface area contributed by atoms with Crippen LogP contribution in [0.3, 0.4) is 0 Å². The largest absolute Gasteiger partial charge is 0.481 e. The molecule has 0 unspecified atom stereocenters. The maximum atomic E-state index is 11.0. The van der Waals surface area contributed by atoms with E-state index in [0.29, 0.717) is 6.54 Å². The Kier molecular flexibility index (Phi) is 9.25. The quantitative estimate of drug-likeness (QED) is 0.852. The maximum Gasteiger partial charge on any atom is 0.310 e. The van der Waals surface area contributed by atoms with Gasteiger partial charge in [-0.15, -0.1) is 24.8 Å². The summed E-state index contributed by atoms with van der Waals surface area (Å²) in [5.41, 5.74) is -0.631. The minimum Gasteiger partial charge on any atom is -0.481 e. The van der Waals surface area contributed by atoms with Crippen LogP contribution in [-0.2, 0) is 4.79 Å². The molecule has 0 bridgehead atoms. The van der Waals surface area contributed by atoms with Gasteiger partial charge in [-0.3, -0.25) is 9.69 Å². The van der Waals surface area contributed by atoms with Crippen LogP contribution in [0.4, 0.5) is 0 Å². The molecule has 0 aliphatic carbocycles. The highest BCUT2D eigenvalue weighted by atomic mass is 35.5. The molecule has 1 fully saturated rings. The van der Waals surface area contributed by atoms with Crippen molar-refractivity contribution in [1.29, 1.82) is 0 Å². The monoisotopic (exact) mass is 286 g/mol. The zero-order valence-corrected chi connectivity index (χ0v) is 12.4. The lowest BCUT2D eigenvalue weighted by Crippen LogP contribution is -2.50. The van der Waals surface area contributed by atoms with E-state index >= 15 is 0 Å². The van der Waals surface area contributed by atoms with Crippen LogP contribution >= 0.6 is 24.8 Å². The van der Waals surface area contributed by atoms with E-state index < -0.39 is 11.4 Å². The second-order valence-electron chi connectivity index (χ2n) is 4.90. The Bertz CT molecular complexity index is 230. The van der Waals surface area contributed by atoms with E-state index in [1.54, 1.807) is 13.8 Å². The van der Waals surface area contributed by atoms with Crippen molar-refractivity contribution in [3.63, 3.8) is 0 Å². The van der Waals surface area contributed by atoms with E-state index in [4.69, 9.17) is 5.11 Å². The van der Waals surface area contributed by atoms with Gasteiger partial charge in [0.2, 0.25) is 0 Å². The zero-order chi connectivity index (χ0) is 11.5. The van der Waals surface area contributed by atoms with Crippen LogP contribution in [0.5, 0.6) is 0 Å². The minimum absolute atomic E-state index is 0. The molecule has 1 saturated heterocycles. The Morgan fingerprint density at radius 2 is 1.53 bits per heavy atom. The lowest BCUT2D eigenvalue weighted by atomic mass is 9.93. The fourth-order valence-corrected chi connectivity index (χ4v) is 1.89. The standard InChI is InChI=1S/C11H22N2O2.2ClH/c1-4-12-5-7-13(8-6-12)9-11(2,3)10(14)15;;/h4-9H2,1-3H3,(H,14,15);2*1H. The molecule has 0 amide bonds. The van der Waals surface area contributed by atoms with Crippen LogP contribution in [-0.4, -0.2) is 60.1 Å². The number of hydrogen-bond donors (Lipinski definition) is 1. The van der Waals surface area contributed by atoms with Crippen molar-refractivity contribution in [3.05, 3.63) is 0 Å². The Morgan fingerprint density at radius 1 is 1.12 bits per heavy atom. The predicted molar refractivity (Wildman–Crippen MR) is 74.5 cm³/mol. The number of hydrogen-bond acceptors (Lipinski definition) is 3. The average Bonchev–Trinajstić information content (AvgIpc) is 2.18. The second kappa shape index (κ2) is 8.14. The number of piperazine rings is 1. The summed E-state index contributed by atoms with van der Waals surface area (Å²) in [4.78, 5) is 15.6. The minimum atomic E-state index is -0.708. The van der Waals surface area contributed by atoms with Gasteiger partial charge in [0, 0.05) is 32.7 Å². The van der Waals surface area contributed by atoms with Crippen LogP contribution < -0.4 is 0 Å². The normalized spacial score (nSPS) is 18.1. The van der Waals surface area contributed by atoms with Crippen molar-refractivity contribution >= 4 is 30.8 Å². The first-order valence-electron chi connectivity index (χ1n) is 5.64. The number of nitrogens with zero attached hydrogens (tertiary/aromatic N) is 2. The molecule has 17 heavy (non-hydrogen) atoms. The third kappa shape index (κ3) is 5.91. The molecular weight excluding hydrogens is 263 g/mol. The molecule has 104 valence electrons. The molecule has 6 heteroatoms. The zero-order valence-electron chi connectivity index (χ0n) is 10.8. The summed E-state index contributed by atoms with van der Waals surface area (Å²) in [5, 5.41) is 9.03. The molecule has 0 aromatic carbocycles. The Balaban J connectivity index is 0. The topological polar surface area (TPSA) is 43.8 Å². The molecule has 4 nitrogen and oxygen atoms in total. The van der Waals surface area contributed by atoms with E-state index in [0.717, 1.165) is 32.7 Å². The molecule has 1 N–H and O–H groups in total. The highest BCUT2D eigenvalue weighted by Crippen LogP contribution is 2.18. The molecule has 1 rings (SSSR count). The first-order valence-corrected chi connectivity index (χ1v) is 5.64. The molecule has 0 saturated carbocycles. The van der Waals surface area contributed by atoms with Crippen LogP contribution in [0, 0.1) is 5.41 Å². The SMILES string of the molecule is CCN1CCN(CC(C)(C)C(=O)O)CC1.Cl.Cl. The van der Waals surface area contributed by atoms with Gasteiger partial charge in [0.25, 0.3) is 0 Å². The van der Waals surface area contributed by atoms with Crippen molar-refractivity contribution in [3.8, 4) is 0 Å². The number of carboxylic acids is 1. The number of carboxylic acid groups (broad SMARTS) is 1. The third-order valence-electron chi connectivity index (χ3n) is 3.11. The fourth-order valence-electron chi connectivity index (χ4n) is 1.89. The summed E-state index contributed by atoms with van der Waals surface area (Å²) < 4.78 is 0. The van der Waals surface area contributed by atoms with Gasteiger partial charge in [0.1, 0.15) is 0 Å². The third-order valence-corrected chi connectivity index (χ3v) is 3.11. The smallest absolute Gasteiger partial charge is 0.310 e. The number of likely N-dealkylation sites (N-methyl/N-ethyl adjacent to an activating group) is 1. The molecule has 0 spiro atoms. The molecule has 0 atom stereocenters. The van der Waals surface area contributed by atoms with E-state index in [9.17, 15) is 4.79 Å². The van der Waals surface area contributed by atoms with Crippen LogP contribution in [0.15, 0.2) is 0 Å². The van der Waals surface area contributed by atoms with Crippen molar-refractivity contribution < 1.29 is 9.90 Å². The molecule has 1 aliphatic heterocycles. The molecule has 0 aromatic rings. The van der Waals surface area contributed by atoms with Gasteiger partial charge in [-0.05, 0) is 20.4 Å². The Morgan fingerprint density at radius 3 is 1.88 bits per heavy atom. The van der Waals surface area contributed by atoms with E-state index in [1.165, 1.54) is 0 Å². The van der Waals surface area contributed by atoms with Crippen molar-refractivity contribution in [2.75, 3.05) is 39.3 Å². The second-order valence-corrected chi connectivity index (χ2v) is 4.90. The lowest BCUT2D eigenvalue weighted by molar-refractivity contribution is -0.148. The van der Waals surface area contributed by atoms with Crippen molar-refractivity contribution in [2.24, 2.45) is 5.41 Å². The Hall–Kier alpha value is -0.0300. The first-order chi connectivity index (χ1) is 6.95. The summed E-state index contributed by atoms with van der Waals surface area (Å²) in [6.45, 7) is 11.6. The average molecular weight is 287 g/mol. The molecule has 1 heterocycles. The number of aliphatic carboxylic acids is 1. The van der Waals surface area contributed by atoms with Gasteiger partial charge in [-0.2, -0.15) is 0 Å². The van der Waals surface area contributed by atoms with E-state index in [1.807, 2.05) is 0 Å².